The number of carbonyl (C=O) groups excluding carboxylic acids is 1. The first-order chi connectivity index (χ1) is 15.2. The van der Waals surface area contributed by atoms with E-state index in [4.69, 9.17) is 17.3 Å². The summed E-state index contributed by atoms with van der Waals surface area (Å²) in [5.74, 6) is 0. The lowest BCUT2D eigenvalue weighted by molar-refractivity contribution is 0.265. The molecule has 2 aliphatic rings. The van der Waals surface area contributed by atoms with Crippen LogP contribution in [-0.4, -0.2) is 15.9 Å². The minimum absolute atomic E-state index is 0.126. The Hall–Kier alpha value is -3.22. The number of nitrogens with zero attached hydrogens (tertiary/aromatic N) is 2. The molecule has 1 atom stereocenters. The molecule has 6 heteroatoms. The Labute approximate surface area is 190 Å². The topological polar surface area (TPSA) is 44.7 Å². The van der Waals surface area contributed by atoms with E-state index in [0.717, 1.165) is 45.6 Å². The van der Waals surface area contributed by atoms with Gasteiger partial charge in [-0.05, 0) is 46.7 Å². The van der Waals surface area contributed by atoms with Crippen LogP contribution in [0.25, 0.3) is 6.08 Å². The molecule has 0 spiro atoms. The molecular formula is C25H19N3OS2. The largest absolute Gasteiger partial charge is 0.307 e. The van der Waals surface area contributed by atoms with E-state index < -0.39 is 0 Å². The molecule has 1 saturated heterocycles. The molecule has 0 aromatic heterocycles. The molecule has 1 fully saturated rings. The smallest absolute Gasteiger partial charge is 0.289 e. The van der Waals surface area contributed by atoms with Gasteiger partial charge in [0.25, 0.3) is 5.24 Å². The van der Waals surface area contributed by atoms with Crippen molar-refractivity contribution in [1.29, 1.82) is 0 Å². The predicted molar refractivity (Wildman–Crippen MR) is 132 cm³/mol. The molecule has 152 valence electrons. The van der Waals surface area contributed by atoms with Crippen LogP contribution in [0, 0.1) is 0 Å². The Morgan fingerprint density at radius 1 is 0.968 bits per heavy atom. The van der Waals surface area contributed by atoms with Crippen LogP contribution in [0.15, 0.2) is 94.9 Å². The Kier molecular flexibility index (Phi) is 5.40. The maximum atomic E-state index is 11.5. The van der Waals surface area contributed by atoms with Gasteiger partial charge in [-0.1, -0.05) is 85.0 Å². The predicted octanol–water partition coefficient (Wildman–Crippen LogP) is 6.17. The number of hydrogen-bond acceptors (Lipinski definition) is 5. The second kappa shape index (κ2) is 8.49. The van der Waals surface area contributed by atoms with Crippen LogP contribution in [-0.2, 0) is 0 Å². The van der Waals surface area contributed by atoms with Crippen LogP contribution in [0.1, 0.15) is 29.2 Å². The summed E-state index contributed by atoms with van der Waals surface area (Å²) in [5, 5.41) is 9.62. The zero-order valence-corrected chi connectivity index (χ0v) is 18.2. The third-order valence-electron chi connectivity index (χ3n) is 5.30. The van der Waals surface area contributed by atoms with E-state index in [1.807, 2.05) is 42.5 Å². The Balaban J connectivity index is 1.47. The van der Waals surface area contributed by atoms with Gasteiger partial charge in [0, 0.05) is 6.42 Å². The Bertz CT molecular complexity index is 1190. The van der Waals surface area contributed by atoms with Crippen LogP contribution in [0.2, 0.25) is 0 Å². The maximum Gasteiger partial charge on any atom is 0.289 e. The Morgan fingerprint density at radius 3 is 2.29 bits per heavy atom. The number of benzene rings is 3. The van der Waals surface area contributed by atoms with Crippen molar-refractivity contribution in [3.8, 4) is 0 Å². The minimum Gasteiger partial charge on any atom is -0.307 e. The number of thiocarbonyl (C=S) groups is 1. The van der Waals surface area contributed by atoms with E-state index >= 15 is 0 Å². The van der Waals surface area contributed by atoms with Crippen molar-refractivity contribution in [2.75, 3.05) is 5.01 Å². The molecule has 0 bridgehead atoms. The van der Waals surface area contributed by atoms with Crippen molar-refractivity contribution in [3.63, 3.8) is 0 Å². The fourth-order valence-corrected chi connectivity index (χ4v) is 4.82. The lowest BCUT2D eigenvalue weighted by Crippen LogP contribution is -2.18. The van der Waals surface area contributed by atoms with Gasteiger partial charge in [0.1, 0.15) is 4.99 Å². The molecule has 0 unspecified atom stereocenters. The van der Waals surface area contributed by atoms with Gasteiger partial charge in [0.15, 0.2) is 0 Å². The summed E-state index contributed by atoms with van der Waals surface area (Å²) in [6.45, 7) is 0. The summed E-state index contributed by atoms with van der Waals surface area (Å²) < 4.78 is 0. The molecule has 2 heterocycles. The minimum atomic E-state index is -0.126. The van der Waals surface area contributed by atoms with Crippen molar-refractivity contribution >= 4 is 51.7 Å². The quantitative estimate of drug-likeness (QED) is 0.389. The number of amides is 1. The molecule has 4 nitrogen and oxygen atoms in total. The summed E-state index contributed by atoms with van der Waals surface area (Å²) >= 11 is 6.34. The average Bonchev–Trinajstić information content (AvgIpc) is 3.39. The van der Waals surface area contributed by atoms with Crippen molar-refractivity contribution in [2.45, 2.75) is 12.5 Å². The Morgan fingerprint density at radius 2 is 1.65 bits per heavy atom. The molecule has 3 aromatic rings. The van der Waals surface area contributed by atoms with E-state index in [2.05, 4.69) is 58.9 Å². The highest BCUT2D eigenvalue weighted by Crippen LogP contribution is 2.37. The number of anilines is 1. The molecule has 0 aliphatic carbocycles. The van der Waals surface area contributed by atoms with Crippen molar-refractivity contribution in [3.05, 3.63) is 107 Å². The summed E-state index contributed by atoms with van der Waals surface area (Å²) in [5.41, 5.74) is 5.49. The lowest BCUT2D eigenvalue weighted by atomic mass is 9.98. The monoisotopic (exact) mass is 441 g/mol. The van der Waals surface area contributed by atoms with Crippen molar-refractivity contribution in [1.82, 2.24) is 5.32 Å². The van der Waals surface area contributed by atoms with Gasteiger partial charge in [-0.3, -0.25) is 9.80 Å². The fourth-order valence-electron chi connectivity index (χ4n) is 3.78. The molecule has 31 heavy (non-hydrogen) atoms. The highest BCUT2D eigenvalue weighted by Gasteiger charge is 2.29. The number of hydrazone groups is 1. The zero-order chi connectivity index (χ0) is 21.2. The molecule has 0 radical (unpaired) electrons. The van der Waals surface area contributed by atoms with Crippen LogP contribution in [0.4, 0.5) is 10.5 Å². The highest BCUT2D eigenvalue weighted by atomic mass is 32.2. The first kappa shape index (κ1) is 19.7. The van der Waals surface area contributed by atoms with Gasteiger partial charge in [0.2, 0.25) is 0 Å². The van der Waals surface area contributed by atoms with Crippen LogP contribution >= 0.6 is 24.0 Å². The van der Waals surface area contributed by atoms with E-state index in [1.54, 1.807) is 0 Å². The van der Waals surface area contributed by atoms with Crippen LogP contribution in [0.3, 0.4) is 0 Å². The number of hydrogen-bond donors (Lipinski definition) is 1. The number of rotatable bonds is 4. The second-order valence-corrected chi connectivity index (χ2v) is 8.75. The van der Waals surface area contributed by atoms with E-state index in [-0.39, 0.29) is 11.3 Å². The number of thioether (sulfide) groups is 1. The summed E-state index contributed by atoms with van der Waals surface area (Å²) in [6.07, 6.45) is 2.78. The van der Waals surface area contributed by atoms with Crippen LogP contribution < -0.4 is 10.3 Å². The van der Waals surface area contributed by atoms with Gasteiger partial charge in [-0.2, -0.15) is 5.10 Å². The molecular weight excluding hydrogens is 422 g/mol. The number of nitrogens with one attached hydrogen (secondary N) is 1. The van der Waals surface area contributed by atoms with Gasteiger partial charge >= 0.3 is 0 Å². The van der Waals surface area contributed by atoms with E-state index in [1.165, 1.54) is 5.56 Å². The zero-order valence-electron chi connectivity index (χ0n) is 16.6. The van der Waals surface area contributed by atoms with Gasteiger partial charge in [-0.25, -0.2) is 0 Å². The third-order valence-corrected chi connectivity index (χ3v) is 6.58. The standard InChI is InChI=1S/C25H19N3OS2/c29-25-26-24(30)23(31-25)15-17-11-13-20(14-12-17)28-22(19-9-5-2-6-10-19)16-21(27-28)18-7-3-1-4-8-18/h1-15,22H,16H2,(H,26,29,30)/b23-15-/t22-/m1/s1. The lowest BCUT2D eigenvalue weighted by Gasteiger charge is -2.24. The van der Waals surface area contributed by atoms with Crippen LogP contribution in [0.5, 0.6) is 0 Å². The third kappa shape index (κ3) is 4.17. The summed E-state index contributed by atoms with van der Waals surface area (Å²) in [6, 6.07) is 29.2. The fraction of sp³-hybridized carbons (Fsp3) is 0.0800. The molecule has 0 saturated carbocycles. The molecule has 1 N–H and O–H groups in total. The number of carbonyl (C=O) groups is 1. The van der Waals surface area contributed by atoms with Crippen molar-refractivity contribution in [2.24, 2.45) is 5.10 Å². The van der Waals surface area contributed by atoms with Gasteiger partial charge in [-0.15, -0.1) is 0 Å². The average molecular weight is 442 g/mol. The van der Waals surface area contributed by atoms with Gasteiger partial charge in [0.05, 0.1) is 22.3 Å². The molecule has 1 amide bonds. The summed E-state index contributed by atoms with van der Waals surface area (Å²) in [4.78, 5) is 12.8. The molecule has 5 rings (SSSR count). The van der Waals surface area contributed by atoms with Crippen molar-refractivity contribution < 1.29 is 4.79 Å². The first-order valence-electron chi connectivity index (χ1n) is 9.99. The molecule has 2 aliphatic heterocycles. The van der Waals surface area contributed by atoms with Gasteiger partial charge < -0.3 is 5.32 Å². The SMILES string of the molecule is O=C1NC(=S)/C(=C/c2ccc(N3N=C(c4ccccc4)C[C@@H]3c3ccccc3)cc2)S1. The summed E-state index contributed by atoms with van der Waals surface area (Å²) in [7, 11) is 0. The van der Waals surface area contributed by atoms with E-state index in [0.29, 0.717) is 4.99 Å². The van der Waals surface area contributed by atoms with E-state index in [9.17, 15) is 4.79 Å². The normalized spacial score (nSPS) is 19.6. The molecule has 3 aromatic carbocycles. The first-order valence-corrected chi connectivity index (χ1v) is 11.2. The maximum absolute atomic E-state index is 11.5. The highest BCUT2D eigenvalue weighted by molar-refractivity contribution is 8.19. The second-order valence-electron chi connectivity index (χ2n) is 7.33.